The number of hydrogen-bond acceptors (Lipinski definition) is 3. The van der Waals surface area contributed by atoms with Gasteiger partial charge >= 0.3 is 0 Å². The van der Waals surface area contributed by atoms with Crippen molar-refractivity contribution in [2.75, 3.05) is 20.3 Å². The first-order valence-corrected chi connectivity index (χ1v) is 6.60. The quantitative estimate of drug-likeness (QED) is 0.648. The summed E-state index contributed by atoms with van der Waals surface area (Å²) >= 11 is 0. The second-order valence-corrected chi connectivity index (χ2v) is 4.40. The van der Waals surface area contributed by atoms with Crippen molar-refractivity contribution in [3.8, 4) is 0 Å². The summed E-state index contributed by atoms with van der Waals surface area (Å²) in [6, 6.07) is 11.8. The molecular weight excluding hydrogens is 252 g/mol. The highest BCUT2D eigenvalue weighted by Gasteiger charge is 1.97. The molecule has 0 spiro atoms. The monoisotopic (exact) mass is 270 g/mol. The lowest BCUT2D eigenvalue weighted by Crippen LogP contribution is -2.22. The maximum atomic E-state index is 11.6. The Bertz CT molecular complexity index is 608. The van der Waals surface area contributed by atoms with Crippen LogP contribution >= 0.6 is 0 Å². The summed E-state index contributed by atoms with van der Waals surface area (Å²) in [5.41, 5.74) is 1.70. The molecule has 4 heteroatoms. The summed E-state index contributed by atoms with van der Waals surface area (Å²) < 4.78 is 4.91. The molecule has 104 valence electrons. The normalized spacial score (nSPS) is 11.1. The SMILES string of the molecule is COCCCNC(=O)/C=C/c1ccc2ccccc2n1. The van der Waals surface area contributed by atoms with Crippen LogP contribution in [0.5, 0.6) is 0 Å². The van der Waals surface area contributed by atoms with Crippen LogP contribution < -0.4 is 5.32 Å². The van der Waals surface area contributed by atoms with Crippen LogP contribution in [0.3, 0.4) is 0 Å². The molecule has 0 bridgehead atoms. The lowest BCUT2D eigenvalue weighted by atomic mass is 10.2. The minimum absolute atomic E-state index is 0.115. The largest absolute Gasteiger partial charge is 0.385 e. The number of carbonyl (C=O) groups is 1. The summed E-state index contributed by atoms with van der Waals surface area (Å²) in [4.78, 5) is 16.0. The summed E-state index contributed by atoms with van der Waals surface area (Å²) in [7, 11) is 1.65. The molecule has 20 heavy (non-hydrogen) atoms. The molecular formula is C16H18N2O2. The maximum Gasteiger partial charge on any atom is 0.244 e. The van der Waals surface area contributed by atoms with E-state index in [1.807, 2.05) is 36.4 Å². The van der Waals surface area contributed by atoms with E-state index in [1.165, 1.54) is 6.08 Å². The number of pyridine rings is 1. The van der Waals surface area contributed by atoms with Gasteiger partial charge in [0.25, 0.3) is 0 Å². The molecule has 0 aliphatic rings. The Hall–Kier alpha value is -2.20. The van der Waals surface area contributed by atoms with E-state index in [4.69, 9.17) is 4.74 Å². The van der Waals surface area contributed by atoms with E-state index in [2.05, 4.69) is 10.3 Å². The molecule has 0 aliphatic heterocycles. The number of aromatic nitrogens is 1. The van der Waals surface area contributed by atoms with Crippen LogP contribution in [0.25, 0.3) is 17.0 Å². The molecule has 1 aromatic carbocycles. The fraction of sp³-hybridized carbons (Fsp3) is 0.250. The number of nitrogens with one attached hydrogen (secondary N) is 1. The van der Waals surface area contributed by atoms with Gasteiger partial charge in [-0.25, -0.2) is 4.98 Å². The van der Waals surface area contributed by atoms with E-state index in [9.17, 15) is 4.79 Å². The van der Waals surface area contributed by atoms with Gasteiger partial charge in [0, 0.05) is 31.7 Å². The van der Waals surface area contributed by atoms with Gasteiger partial charge in [0.2, 0.25) is 5.91 Å². The zero-order valence-corrected chi connectivity index (χ0v) is 11.5. The average Bonchev–Trinajstić information content (AvgIpc) is 2.49. The fourth-order valence-electron chi connectivity index (χ4n) is 1.82. The molecule has 1 heterocycles. The van der Waals surface area contributed by atoms with E-state index in [0.29, 0.717) is 13.2 Å². The minimum Gasteiger partial charge on any atom is -0.385 e. The Labute approximate surface area is 118 Å². The molecule has 2 aromatic rings. The van der Waals surface area contributed by atoms with Crippen molar-refractivity contribution in [3.63, 3.8) is 0 Å². The van der Waals surface area contributed by atoms with Gasteiger partial charge < -0.3 is 10.1 Å². The van der Waals surface area contributed by atoms with E-state index >= 15 is 0 Å². The number of methoxy groups -OCH3 is 1. The van der Waals surface area contributed by atoms with Crippen molar-refractivity contribution in [1.29, 1.82) is 0 Å². The predicted molar refractivity (Wildman–Crippen MR) is 80.3 cm³/mol. The second-order valence-electron chi connectivity index (χ2n) is 4.40. The van der Waals surface area contributed by atoms with E-state index in [0.717, 1.165) is 23.0 Å². The summed E-state index contributed by atoms with van der Waals surface area (Å²) in [5.74, 6) is -0.115. The van der Waals surface area contributed by atoms with E-state index < -0.39 is 0 Å². The van der Waals surface area contributed by atoms with Gasteiger partial charge in [-0.1, -0.05) is 24.3 Å². The highest BCUT2D eigenvalue weighted by molar-refractivity contribution is 5.91. The summed E-state index contributed by atoms with van der Waals surface area (Å²) in [5, 5.41) is 3.88. The standard InChI is InChI=1S/C16H18N2O2/c1-20-12-4-11-17-16(19)10-9-14-8-7-13-5-2-3-6-15(13)18-14/h2-3,5-10H,4,11-12H2,1H3,(H,17,19)/b10-9+. The molecule has 0 aliphatic carbocycles. The second kappa shape index (κ2) is 7.40. The van der Waals surface area contributed by atoms with Gasteiger partial charge in [-0.05, 0) is 24.6 Å². The third-order valence-corrected chi connectivity index (χ3v) is 2.85. The molecule has 1 aromatic heterocycles. The number of hydrogen-bond donors (Lipinski definition) is 1. The first-order chi connectivity index (χ1) is 9.79. The molecule has 0 saturated heterocycles. The maximum absolute atomic E-state index is 11.6. The highest BCUT2D eigenvalue weighted by Crippen LogP contribution is 2.12. The molecule has 4 nitrogen and oxygen atoms in total. The third-order valence-electron chi connectivity index (χ3n) is 2.85. The van der Waals surface area contributed by atoms with Gasteiger partial charge in [0.15, 0.2) is 0 Å². The first-order valence-electron chi connectivity index (χ1n) is 6.60. The molecule has 0 unspecified atom stereocenters. The van der Waals surface area contributed by atoms with E-state index in [1.54, 1.807) is 13.2 Å². The molecule has 1 N–H and O–H groups in total. The summed E-state index contributed by atoms with van der Waals surface area (Å²) in [6.45, 7) is 1.26. The Morgan fingerprint density at radius 2 is 2.15 bits per heavy atom. The summed E-state index contributed by atoms with van der Waals surface area (Å²) in [6.07, 6.45) is 4.03. The molecule has 1 amide bonds. The number of carbonyl (C=O) groups excluding carboxylic acids is 1. The topological polar surface area (TPSA) is 51.2 Å². The van der Waals surface area contributed by atoms with Crippen LogP contribution in [0.1, 0.15) is 12.1 Å². The Balaban J connectivity index is 1.93. The number of fused-ring (bicyclic) bond motifs is 1. The highest BCUT2D eigenvalue weighted by atomic mass is 16.5. The van der Waals surface area contributed by atoms with Gasteiger partial charge in [0.05, 0.1) is 11.2 Å². The molecule has 0 saturated carbocycles. The molecule has 2 rings (SSSR count). The first kappa shape index (κ1) is 14.2. The number of amides is 1. The number of ether oxygens (including phenoxy) is 1. The third kappa shape index (κ3) is 4.17. The number of rotatable bonds is 6. The minimum atomic E-state index is -0.115. The van der Waals surface area contributed by atoms with Crippen LogP contribution in [0.15, 0.2) is 42.5 Å². The molecule has 0 atom stereocenters. The zero-order chi connectivity index (χ0) is 14.2. The molecule has 0 fully saturated rings. The van der Waals surface area contributed by atoms with Gasteiger partial charge in [-0.2, -0.15) is 0 Å². The Kier molecular flexibility index (Phi) is 5.26. The van der Waals surface area contributed by atoms with Crippen molar-refractivity contribution in [2.45, 2.75) is 6.42 Å². The fourth-order valence-corrected chi connectivity index (χ4v) is 1.82. The van der Waals surface area contributed by atoms with Crippen molar-refractivity contribution >= 4 is 22.9 Å². The van der Waals surface area contributed by atoms with E-state index in [-0.39, 0.29) is 5.91 Å². The Morgan fingerprint density at radius 1 is 1.30 bits per heavy atom. The lowest BCUT2D eigenvalue weighted by molar-refractivity contribution is -0.116. The smallest absolute Gasteiger partial charge is 0.244 e. The van der Waals surface area contributed by atoms with Crippen LogP contribution in [-0.2, 0) is 9.53 Å². The van der Waals surface area contributed by atoms with Gasteiger partial charge in [-0.3, -0.25) is 4.79 Å². The number of nitrogens with zero attached hydrogens (tertiary/aromatic N) is 1. The average molecular weight is 270 g/mol. The van der Waals surface area contributed by atoms with Crippen LogP contribution in [-0.4, -0.2) is 31.2 Å². The van der Waals surface area contributed by atoms with Gasteiger partial charge in [-0.15, -0.1) is 0 Å². The van der Waals surface area contributed by atoms with Crippen molar-refractivity contribution in [2.24, 2.45) is 0 Å². The number of para-hydroxylation sites is 1. The molecule has 0 radical (unpaired) electrons. The predicted octanol–water partition coefficient (Wildman–Crippen LogP) is 2.40. The zero-order valence-electron chi connectivity index (χ0n) is 11.5. The Morgan fingerprint density at radius 3 is 3.00 bits per heavy atom. The van der Waals surface area contributed by atoms with Crippen molar-refractivity contribution < 1.29 is 9.53 Å². The van der Waals surface area contributed by atoms with Crippen LogP contribution in [0.2, 0.25) is 0 Å². The van der Waals surface area contributed by atoms with Gasteiger partial charge in [0.1, 0.15) is 0 Å². The van der Waals surface area contributed by atoms with Crippen LogP contribution in [0, 0.1) is 0 Å². The van der Waals surface area contributed by atoms with Crippen LogP contribution in [0.4, 0.5) is 0 Å². The van der Waals surface area contributed by atoms with Crippen molar-refractivity contribution in [1.82, 2.24) is 10.3 Å². The number of benzene rings is 1. The van der Waals surface area contributed by atoms with Crippen molar-refractivity contribution in [3.05, 3.63) is 48.2 Å². The lowest BCUT2D eigenvalue weighted by Gasteiger charge is -2.01.